The Balaban J connectivity index is 1.72. The van der Waals surface area contributed by atoms with Crippen molar-refractivity contribution >= 4 is 28.7 Å². The molecular formula is C17H19NO2S. The summed E-state index contributed by atoms with van der Waals surface area (Å²) in [6, 6.07) is 10.2. The van der Waals surface area contributed by atoms with Crippen molar-refractivity contribution in [3.05, 3.63) is 46.2 Å². The van der Waals surface area contributed by atoms with Crippen molar-refractivity contribution in [2.75, 3.05) is 5.32 Å². The van der Waals surface area contributed by atoms with E-state index in [1.807, 2.05) is 18.2 Å². The molecule has 0 spiro atoms. The molecular weight excluding hydrogens is 282 g/mol. The van der Waals surface area contributed by atoms with Crippen LogP contribution in [0.25, 0.3) is 0 Å². The van der Waals surface area contributed by atoms with Gasteiger partial charge >= 0.3 is 5.97 Å². The fraction of sp³-hybridized carbons (Fsp3) is 0.353. The number of hydrogen-bond acceptors (Lipinski definition) is 3. The summed E-state index contributed by atoms with van der Waals surface area (Å²) < 4.78 is 0. The van der Waals surface area contributed by atoms with Gasteiger partial charge in [-0.3, -0.25) is 0 Å². The smallest absolute Gasteiger partial charge is 0.348 e. The largest absolute Gasteiger partial charge is 0.477 e. The summed E-state index contributed by atoms with van der Waals surface area (Å²) in [6.45, 7) is 0. The van der Waals surface area contributed by atoms with E-state index in [1.165, 1.54) is 49.0 Å². The fourth-order valence-corrected chi connectivity index (χ4v) is 3.69. The molecule has 0 bridgehead atoms. The van der Waals surface area contributed by atoms with Crippen molar-refractivity contribution in [3.8, 4) is 0 Å². The van der Waals surface area contributed by atoms with Crippen LogP contribution in [0.1, 0.15) is 53.3 Å². The van der Waals surface area contributed by atoms with Gasteiger partial charge in [-0.25, -0.2) is 4.79 Å². The second-order valence-corrected chi connectivity index (χ2v) is 6.47. The lowest BCUT2D eigenvalue weighted by atomic mass is 9.84. The monoisotopic (exact) mass is 301 g/mol. The number of thiophene rings is 1. The first-order chi connectivity index (χ1) is 10.2. The zero-order chi connectivity index (χ0) is 14.7. The van der Waals surface area contributed by atoms with Crippen molar-refractivity contribution in [2.24, 2.45) is 0 Å². The minimum atomic E-state index is -0.883. The zero-order valence-corrected chi connectivity index (χ0v) is 12.7. The van der Waals surface area contributed by atoms with Crippen molar-refractivity contribution in [3.63, 3.8) is 0 Å². The van der Waals surface area contributed by atoms with Crippen LogP contribution in [0.15, 0.2) is 35.7 Å². The Labute approximate surface area is 128 Å². The fourth-order valence-electron chi connectivity index (χ4n) is 3.00. The van der Waals surface area contributed by atoms with Gasteiger partial charge in [-0.15, -0.1) is 11.3 Å². The van der Waals surface area contributed by atoms with Gasteiger partial charge in [-0.05, 0) is 47.9 Å². The van der Waals surface area contributed by atoms with E-state index in [4.69, 9.17) is 5.11 Å². The third kappa shape index (κ3) is 3.27. The lowest BCUT2D eigenvalue weighted by Gasteiger charge is -2.22. The lowest BCUT2D eigenvalue weighted by Crippen LogP contribution is -2.04. The number of nitrogens with one attached hydrogen (secondary N) is 1. The normalized spacial score (nSPS) is 15.8. The Morgan fingerprint density at radius 1 is 1.10 bits per heavy atom. The van der Waals surface area contributed by atoms with Crippen LogP contribution in [0.5, 0.6) is 0 Å². The molecule has 1 saturated carbocycles. The summed E-state index contributed by atoms with van der Waals surface area (Å²) in [4.78, 5) is 11.5. The minimum absolute atomic E-state index is 0.353. The van der Waals surface area contributed by atoms with Crippen molar-refractivity contribution in [2.45, 2.75) is 38.0 Å². The molecule has 0 atom stereocenters. The number of carbonyl (C=O) groups is 1. The SMILES string of the molecule is O=C(O)c1sccc1Nc1ccc(C2CCCCC2)cc1. The third-order valence-corrected chi connectivity index (χ3v) is 5.03. The number of carboxylic acids is 1. The standard InChI is InChI=1S/C17H19NO2S/c19-17(20)16-15(10-11-21-16)18-14-8-6-13(7-9-14)12-4-2-1-3-5-12/h6-12,18H,1-5H2,(H,19,20). The molecule has 3 rings (SSSR count). The third-order valence-electron chi connectivity index (χ3n) is 4.13. The molecule has 0 unspecified atom stereocenters. The molecule has 0 aliphatic heterocycles. The van der Waals surface area contributed by atoms with Gasteiger partial charge < -0.3 is 10.4 Å². The summed E-state index contributed by atoms with van der Waals surface area (Å²) in [5.41, 5.74) is 3.01. The molecule has 3 nitrogen and oxygen atoms in total. The Kier molecular flexibility index (Phi) is 4.25. The average Bonchev–Trinajstić information content (AvgIpc) is 2.97. The van der Waals surface area contributed by atoms with Gasteiger partial charge in [0, 0.05) is 5.69 Å². The maximum Gasteiger partial charge on any atom is 0.348 e. The number of aromatic carboxylic acids is 1. The Morgan fingerprint density at radius 3 is 2.48 bits per heavy atom. The van der Waals surface area contributed by atoms with Crippen LogP contribution in [-0.4, -0.2) is 11.1 Å². The highest BCUT2D eigenvalue weighted by Crippen LogP contribution is 2.33. The number of carboxylic acid groups (broad SMARTS) is 1. The molecule has 21 heavy (non-hydrogen) atoms. The molecule has 110 valence electrons. The molecule has 1 heterocycles. The summed E-state index contributed by atoms with van der Waals surface area (Å²) in [7, 11) is 0. The second-order valence-electron chi connectivity index (χ2n) is 5.55. The van der Waals surface area contributed by atoms with Gasteiger partial charge in [-0.1, -0.05) is 31.4 Å². The second kappa shape index (κ2) is 6.31. The minimum Gasteiger partial charge on any atom is -0.477 e. The van der Waals surface area contributed by atoms with Crippen molar-refractivity contribution in [1.29, 1.82) is 0 Å². The van der Waals surface area contributed by atoms with Gasteiger partial charge in [-0.2, -0.15) is 0 Å². The number of anilines is 2. The maximum atomic E-state index is 11.1. The van der Waals surface area contributed by atoms with Crippen LogP contribution >= 0.6 is 11.3 Å². The lowest BCUT2D eigenvalue weighted by molar-refractivity contribution is 0.0703. The highest BCUT2D eigenvalue weighted by Gasteiger charge is 2.15. The number of benzene rings is 1. The highest BCUT2D eigenvalue weighted by molar-refractivity contribution is 7.12. The predicted molar refractivity (Wildman–Crippen MR) is 86.8 cm³/mol. The average molecular weight is 301 g/mol. The first-order valence-corrected chi connectivity index (χ1v) is 8.30. The van der Waals surface area contributed by atoms with Crippen LogP contribution in [0.4, 0.5) is 11.4 Å². The van der Waals surface area contributed by atoms with Crippen LogP contribution < -0.4 is 5.32 Å². The van der Waals surface area contributed by atoms with Gasteiger partial charge in [0.1, 0.15) is 4.88 Å². The molecule has 0 saturated heterocycles. The summed E-state index contributed by atoms with van der Waals surface area (Å²) in [6.07, 6.45) is 6.62. The van der Waals surface area contributed by atoms with Crippen molar-refractivity contribution in [1.82, 2.24) is 0 Å². The topological polar surface area (TPSA) is 49.3 Å². The first-order valence-electron chi connectivity index (χ1n) is 7.42. The molecule has 1 aromatic heterocycles. The van der Waals surface area contributed by atoms with Gasteiger partial charge in [0.2, 0.25) is 0 Å². The van der Waals surface area contributed by atoms with E-state index in [0.29, 0.717) is 16.5 Å². The van der Waals surface area contributed by atoms with E-state index in [-0.39, 0.29) is 0 Å². The quantitative estimate of drug-likeness (QED) is 0.812. The van der Waals surface area contributed by atoms with E-state index in [0.717, 1.165) is 5.69 Å². The summed E-state index contributed by atoms with van der Waals surface area (Å²) in [5, 5.41) is 14.1. The molecule has 1 aliphatic rings. The van der Waals surface area contributed by atoms with E-state index in [2.05, 4.69) is 17.4 Å². The van der Waals surface area contributed by atoms with Gasteiger partial charge in [0.15, 0.2) is 0 Å². The summed E-state index contributed by atoms with van der Waals surface area (Å²) >= 11 is 1.24. The van der Waals surface area contributed by atoms with Crippen LogP contribution in [0, 0.1) is 0 Å². The molecule has 2 aromatic rings. The predicted octanol–water partition coefficient (Wildman–Crippen LogP) is 5.24. The van der Waals surface area contributed by atoms with E-state index >= 15 is 0 Å². The molecule has 2 N–H and O–H groups in total. The molecule has 1 fully saturated rings. The van der Waals surface area contributed by atoms with Gasteiger partial charge in [0.05, 0.1) is 5.69 Å². The molecule has 0 radical (unpaired) electrons. The van der Waals surface area contributed by atoms with E-state index in [1.54, 1.807) is 5.38 Å². The van der Waals surface area contributed by atoms with Crippen LogP contribution in [-0.2, 0) is 0 Å². The highest BCUT2D eigenvalue weighted by atomic mass is 32.1. The molecule has 4 heteroatoms. The molecule has 0 amide bonds. The van der Waals surface area contributed by atoms with Crippen LogP contribution in [0.2, 0.25) is 0 Å². The van der Waals surface area contributed by atoms with Gasteiger partial charge in [0.25, 0.3) is 0 Å². The maximum absolute atomic E-state index is 11.1. The Morgan fingerprint density at radius 2 is 1.81 bits per heavy atom. The number of hydrogen-bond donors (Lipinski definition) is 2. The number of rotatable bonds is 4. The molecule has 1 aliphatic carbocycles. The summed E-state index contributed by atoms with van der Waals surface area (Å²) in [5.74, 6) is -0.185. The first kappa shape index (κ1) is 14.1. The van der Waals surface area contributed by atoms with Crippen molar-refractivity contribution < 1.29 is 9.90 Å². The van der Waals surface area contributed by atoms with E-state index < -0.39 is 5.97 Å². The zero-order valence-electron chi connectivity index (χ0n) is 11.8. The van der Waals surface area contributed by atoms with E-state index in [9.17, 15) is 4.79 Å². The Bertz CT molecular complexity index is 612. The molecule has 1 aromatic carbocycles. The van der Waals surface area contributed by atoms with Crippen LogP contribution in [0.3, 0.4) is 0 Å². The Hall–Kier alpha value is -1.81.